The summed E-state index contributed by atoms with van der Waals surface area (Å²) in [5, 5.41) is 12.7. The number of nitrogens with one attached hydrogen (secondary N) is 1. The van der Waals surface area contributed by atoms with Gasteiger partial charge >= 0.3 is 0 Å². The summed E-state index contributed by atoms with van der Waals surface area (Å²) >= 11 is 0. The van der Waals surface area contributed by atoms with E-state index in [9.17, 15) is 5.11 Å². The summed E-state index contributed by atoms with van der Waals surface area (Å²) in [6.07, 6.45) is 4.40. The van der Waals surface area contributed by atoms with Crippen LogP contribution in [0.25, 0.3) is 0 Å². The molecule has 1 aromatic carbocycles. The van der Waals surface area contributed by atoms with Crippen molar-refractivity contribution in [2.75, 3.05) is 5.32 Å². The van der Waals surface area contributed by atoms with Crippen molar-refractivity contribution >= 4 is 5.69 Å². The Balaban J connectivity index is 2.31. The quantitative estimate of drug-likeness (QED) is 0.778. The maximum absolute atomic E-state index is 9.56. The summed E-state index contributed by atoms with van der Waals surface area (Å²) in [6, 6.07) is 4.39. The van der Waals surface area contributed by atoms with Crippen molar-refractivity contribution < 1.29 is 5.11 Å². The van der Waals surface area contributed by atoms with Gasteiger partial charge in [-0.1, -0.05) is 32.9 Å². The molecule has 2 rings (SSSR count). The fourth-order valence-electron chi connectivity index (χ4n) is 2.33. The molecule has 1 atom stereocenters. The molecule has 1 unspecified atom stereocenters. The van der Waals surface area contributed by atoms with Crippen LogP contribution in [0.4, 0.5) is 5.69 Å². The Labute approximate surface area is 104 Å². The van der Waals surface area contributed by atoms with Crippen molar-refractivity contribution in [3.8, 4) is 0 Å². The molecule has 1 aliphatic rings. The summed E-state index contributed by atoms with van der Waals surface area (Å²) < 4.78 is 0. The number of aliphatic hydroxyl groups is 1. The zero-order valence-corrected chi connectivity index (χ0v) is 11.1. The van der Waals surface area contributed by atoms with Crippen molar-refractivity contribution in [3.05, 3.63) is 35.2 Å². The molecule has 92 valence electrons. The predicted octanol–water partition coefficient (Wildman–Crippen LogP) is 3.15. The number of hydrogen-bond acceptors (Lipinski definition) is 2. The smallest absolute Gasteiger partial charge is 0.125 e. The maximum Gasteiger partial charge on any atom is 0.125 e. The summed E-state index contributed by atoms with van der Waals surface area (Å²) in [5.41, 5.74) is 4.96. The second kappa shape index (κ2) is 4.34. The lowest BCUT2D eigenvalue weighted by Crippen LogP contribution is -2.24. The van der Waals surface area contributed by atoms with Crippen LogP contribution in [0, 0.1) is 18.8 Å². The lowest BCUT2D eigenvalue weighted by molar-refractivity contribution is 0.200. The number of rotatable bonds is 1. The molecular formula is C15H21NO. The van der Waals surface area contributed by atoms with Crippen LogP contribution in [-0.4, -0.2) is 11.3 Å². The van der Waals surface area contributed by atoms with Gasteiger partial charge in [-0.05, 0) is 35.4 Å². The van der Waals surface area contributed by atoms with Crippen LogP contribution in [0.2, 0.25) is 0 Å². The third-order valence-electron chi connectivity index (χ3n) is 2.93. The third-order valence-corrected chi connectivity index (χ3v) is 2.93. The van der Waals surface area contributed by atoms with Crippen molar-refractivity contribution in [2.45, 2.75) is 46.8 Å². The predicted molar refractivity (Wildman–Crippen MR) is 70.9 cm³/mol. The first-order chi connectivity index (χ1) is 7.85. The van der Waals surface area contributed by atoms with Crippen LogP contribution in [0.3, 0.4) is 0 Å². The molecule has 1 aromatic rings. The van der Waals surface area contributed by atoms with E-state index in [0.717, 1.165) is 17.7 Å². The average molecular weight is 231 g/mol. The van der Waals surface area contributed by atoms with Gasteiger partial charge in [0.1, 0.15) is 6.23 Å². The number of benzene rings is 1. The first kappa shape index (κ1) is 12.4. The number of fused-ring (bicyclic) bond motifs is 1. The summed E-state index contributed by atoms with van der Waals surface area (Å²) in [5.74, 6) is 0. The lowest BCUT2D eigenvalue weighted by atomic mass is 9.85. The summed E-state index contributed by atoms with van der Waals surface area (Å²) in [6.45, 7) is 8.82. The molecule has 0 saturated heterocycles. The van der Waals surface area contributed by atoms with Crippen LogP contribution in [0.5, 0.6) is 0 Å². The number of aryl methyl sites for hydroxylation is 1. The number of anilines is 1. The highest BCUT2D eigenvalue weighted by Crippen LogP contribution is 2.32. The molecule has 0 bridgehead atoms. The molecule has 0 saturated carbocycles. The van der Waals surface area contributed by atoms with Gasteiger partial charge in [0.05, 0.1) is 0 Å². The van der Waals surface area contributed by atoms with E-state index in [1.807, 2.05) is 0 Å². The van der Waals surface area contributed by atoms with Crippen LogP contribution in [0.15, 0.2) is 12.1 Å². The van der Waals surface area contributed by atoms with E-state index in [4.69, 9.17) is 0 Å². The molecule has 0 amide bonds. The van der Waals surface area contributed by atoms with Crippen LogP contribution in [-0.2, 0) is 6.42 Å². The second-order valence-corrected chi connectivity index (χ2v) is 6.11. The summed E-state index contributed by atoms with van der Waals surface area (Å²) in [4.78, 5) is 0. The van der Waals surface area contributed by atoms with Gasteiger partial charge in [-0.3, -0.25) is 0 Å². The molecule has 2 N–H and O–H groups in total. The Hall–Kier alpha value is -1.02. The molecule has 17 heavy (non-hydrogen) atoms. The fraction of sp³-hybridized carbons (Fsp3) is 0.533. The number of hydrogen-bond donors (Lipinski definition) is 2. The fourth-order valence-corrected chi connectivity index (χ4v) is 2.33. The van der Waals surface area contributed by atoms with Crippen LogP contribution in [0.1, 0.15) is 43.9 Å². The van der Waals surface area contributed by atoms with Crippen molar-refractivity contribution in [1.29, 1.82) is 0 Å². The van der Waals surface area contributed by atoms with Gasteiger partial charge < -0.3 is 10.4 Å². The largest absolute Gasteiger partial charge is 0.374 e. The lowest BCUT2D eigenvalue weighted by Gasteiger charge is -2.26. The Morgan fingerprint density at radius 1 is 1.41 bits per heavy atom. The van der Waals surface area contributed by atoms with Gasteiger partial charge in [-0.25, -0.2) is 0 Å². The first-order valence-electron chi connectivity index (χ1n) is 6.17. The first-order valence-corrected chi connectivity index (χ1v) is 6.17. The monoisotopic (exact) mass is 231 g/mol. The molecule has 2 nitrogen and oxygen atoms in total. The Morgan fingerprint density at radius 3 is 2.76 bits per heavy atom. The highest BCUT2D eigenvalue weighted by atomic mass is 16.3. The maximum atomic E-state index is 9.56. The standard InChI is InChI=1S/C15H21NO/c1-10-7-11(9-15(2,3)4)8-12-5-6-13(17)16-14(10)12/h7-8,13,16-17H,6,9H2,1-4H3. The van der Waals surface area contributed by atoms with E-state index in [-0.39, 0.29) is 0 Å². The van der Waals surface area contributed by atoms with Gasteiger partial charge in [0.25, 0.3) is 0 Å². The highest BCUT2D eigenvalue weighted by molar-refractivity contribution is 5.63. The minimum Gasteiger partial charge on any atom is -0.374 e. The van der Waals surface area contributed by atoms with Crippen molar-refractivity contribution in [2.24, 2.45) is 5.41 Å². The average Bonchev–Trinajstić information content (AvgIpc) is 2.17. The molecule has 0 fully saturated rings. The SMILES string of the molecule is Cc1cc(CC(C)(C)C)cc2c1NC(O)C[C]2. The number of aliphatic hydroxyl groups excluding tert-OH is 1. The van der Waals surface area contributed by atoms with Crippen LogP contribution < -0.4 is 5.32 Å². The molecule has 0 aromatic heterocycles. The van der Waals surface area contributed by atoms with Gasteiger partial charge in [-0.15, -0.1) is 0 Å². The minimum absolute atomic E-state index is 0.294. The third kappa shape index (κ3) is 3.01. The topological polar surface area (TPSA) is 32.3 Å². The zero-order chi connectivity index (χ0) is 12.6. The van der Waals surface area contributed by atoms with E-state index in [2.05, 4.69) is 51.6 Å². The summed E-state index contributed by atoms with van der Waals surface area (Å²) in [7, 11) is 0. The molecule has 1 heterocycles. The van der Waals surface area contributed by atoms with Crippen molar-refractivity contribution in [3.63, 3.8) is 0 Å². The normalized spacial score (nSPS) is 19.7. The minimum atomic E-state index is -0.491. The van der Waals surface area contributed by atoms with E-state index in [1.165, 1.54) is 11.1 Å². The molecule has 2 radical (unpaired) electrons. The van der Waals surface area contributed by atoms with E-state index in [0.29, 0.717) is 11.8 Å². The zero-order valence-electron chi connectivity index (χ0n) is 11.1. The van der Waals surface area contributed by atoms with Gasteiger partial charge in [-0.2, -0.15) is 0 Å². The Kier molecular flexibility index (Phi) is 3.17. The van der Waals surface area contributed by atoms with Crippen LogP contribution >= 0.6 is 0 Å². The van der Waals surface area contributed by atoms with Gasteiger partial charge in [0, 0.05) is 18.5 Å². The van der Waals surface area contributed by atoms with Gasteiger partial charge in [0.15, 0.2) is 0 Å². The molecule has 0 spiro atoms. The Morgan fingerprint density at radius 2 is 2.12 bits per heavy atom. The van der Waals surface area contributed by atoms with E-state index in [1.54, 1.807) is 0 Å². The van der Waals surface area contributed by atoms with Crippen molar-refractivity contribution in [1.82, 2.24) is 0 Å². The molecule has 2 heteroatoms. The molecular weight excluding hydrogens is 210 g/mol. The second-order valence-electron chi connectivity index (χ2n) is 6.11. The Bertz CT molecular complexity index is 418. The highest BCUT2D eigenvalue weighted by Gasteiger charge is 2.20. The molecule has 0 aliphatic carbocycles. The molecule has 1 aliphatic heterocycles. The van der Waals surface area contributed by atoms with Gasteiger partial charge in [0.2, 0.25) is 0 Å². The van der Waals surface area contributed by atoms with E-state index < -0.39 is 6.23 Å². The van der Waals surface area contributed by atoms with E-state index >= 15 is 0 Å².